The van der Waals surface area contributed by atoms with E-state index in [2.05, 4.69) is 14.8 Å². The number of nitrogens with zero attached hydrogens (tertiary/aromatic N) is 3. The van der Waals surface area contributed by atoms with Crippen molar-refractivity contribution < 1.29 is 13.2 Å². The second kappa shape index (κ2) is 6.25. The van der Waals surface area contributed by atoms with Crippen LogP contribution in [0.25, 0.3) is 0 Å². The second-order valence-corrected chi connectivity index (χ2v) is 9.04. The molecule has 0 aromatic carbocycles. The third kappa shape index (κ3) is 4.25. The largest absolute Gasteiger partial charge is 0.285 e. The highest BCUT2D eigenvalue weighted by atomic mass is 32.2. The number of pyridine rings is 1. The molecule has 0 aliphatic heterocycles. The summed E-state index contributed by atoms with van der Waals surface area (Å²) in [7, 11) is -3.84. The highest BCUT2D eigenvalue weighted by Gasteiger charge is 2.33. The van der Waals surface area contributed by atoms with Gasteiger partial charge in [0.05, 0.1) is 11.2 Å². The summed E-state index contributed by atoms with van der Waals surface area (Å²) in [6, 6.07) is 6.71. The molecule has 2 aromatic heterocycles. The summed E-state index contributed by atoms with van der Waals surface area (Å²) in [5.41, 5.74) is 1.21. The standard InChI is InChI=1S/C17H22N4O3S/c1-17(2,3)21-15(12-7-8-12)10-14(19-21)16(22)20-25(23,24)11-13-6-4-5-9-18-13/h4-6,9-10,12H,7-8,11H2,1-3H3,(H,20,22). The molecule has 1 aliphatic carbocycles. The summed E-state index contributed by atoms with van der Waals surface area (Å²) >= 11 is 0. The molecule has 134 valence electrons. The molecular formula is C17H22N4O3S. The zero-order chi connectivity index (χ0) is 18.2. The van der Waals surface area contributed by atoms with Crippen molar-refractivity contribution in [3.63, 3.8) is 0 Å². The van der Waals surface area contributed by atoms with Crippen LogP contribution in [-0.4, -0.2) is 29.1 Å². The summed E-state index contributed by atoms with van der Waals surface area (Å²) in [4.78, 5) is 16.4. The van der Waals surface area contributed by atoms with Crippen LogP contribution < -0.4 is 4.72 Å². The maximum absolute atomic E-state index is 12.4. The molecule has 0 unspecified atom stereocenters. The van der Waals surface area contributed by atoms with Crippen LogP contribution in [0.4, 0.5) is 0 Å². The van der Waals surface area contributed by atoms with Crippen molar-refractivity contribution in [3.05, 3.63) is 47.5 Å². The van der Waals surface area contributed by atoms with Crippen molar-refractivity contribution in [2.45, 2.75) is 50.8 Å². The topological polar surface area (TPSA) is 94.0 Å². The smallest absolute Gasteiger partial charge is 0.266 e. The first-order valence-corrected chi connectivity index (χ1v) is 9.86. The van der Waals surface area contributed by atoms with Gasteiger partial charge in [-0.1, -0.05) is 6.07 Å². The Morgan fingerprint density at radius 1 is 1.32 bits per heavy atom. The van der Waals surface area contributed by atoms with Crippen molar-refractivity contribution >= 4 is 15.9 Å². The molecule has 1 aliphatic rings. The summed E-state index contributed by atoms with van der Waals surface area (Å²) in [6.07, 6.45) is 3.65. The average molecular weight is 362 g/mol. The maximum Gasteiger partial charge on any atom is 0.285 e. The SMILES string of the molecule is CC(C)(C)n1nc(C(=O)NS(=O)(=O)Cc2ccccn2)cc1C1CC1. The lowest BCUT2D eigenvalue weighted by Gasteiger charge is -2.22. The Morgan fingerprint density at radius 3 is 2.60 bits per heavy atom. The lowest BCUT2D eigenvalue weighted by Crippen LogP contribution is -2.32. The fourth-order valence-electron chi connectivity index (χ4n) is 2.62. The monoisotopic (exact) mass is 362 g/mol. The first-order valence-electron chi connectivity index (χ1n) is 8.21. The molecule has 2 aromatic rings. The molecule has 25 heavy (non-hydrogen) atoms. The number of sulfonamides is 1. The molecule has 1 N–H and O–H groups in total. The summed E-state index contributed by atoms with van der Waals surface area (Å²) in [5, 5.41) is 4.36. The molecule has 0 bridgehead atoms. The van der Waals surface area contributed by atoms with Crippen LogP contribution in [0.1, 0.15) is 61.4 Å². The van der Waals surface area contributed by atoms with Gasteiger partial charge < -0.3 is 0 Å². The lowest BCUT2D eigenvalue weighted by molar-refractivity contribution is 0.0975. The summed E-state index contributed by atoms with van der Waals surface area (Å²) in [5.74, 6) is -0.658. The van der Waals surface area contributed by atoms with Gasteiger partial charge in [0.2, 0.25) is 10.0 Å². The van der Waals surface area contributed by atoms with Gasteiger partial charge in [-0.3, -0.25) is 14.5 Å². The van der Waals surface area contributed by atoms with Crippen molar-refractivity contribution in [1.29, 1.82) is 0 Å². The number of amides is 1. The number of hydrogen-bond donors (Lipinski definition) is 1. The lowest BCUT2D eigenvalue weighted by atomic mass is 10.1. The van der Waals surface area contributed by atoms with E-state index in [9.17, 15) is 13.2 Å². The Kier molecular flexibility index (Phi) is 4.40. The van der Waals surface area contributed by atoms with Crippen LogP contribution in [0.3, 0.4) is 0 Å². The first-order chi connectivity index (χ1) is 11.7. The van der Waals surface area contributed by atoms with Crippen LogP contribution >= 0.6 is 0 Å². The molecule has 0 spiro atoms. The Labute approximate surface area is 147 Å². The number of aromatic nitrogens is 3. The number of rotatable bonds is 5. The van der Waals surface area contributed by atoms with Gasteiger partial charge in [-0.15, -0.1) is 0 Å². The van der Waals surface area contributed by atoms with E-state index in [1.54, 1.807) is 24.3 Å². The van der Waals surface area contributed by atoms with Crippen LogP contribution in [0.2, 0.25) is 0 Å². The Bertz CT molecular complexity index is 878. The minimum absolute atomic E-state index is 0.126. The predicted molar refractivity (Wildman–Crippen MR) is 93.5 cm³/mol. The zero-order valence-corrected chi connectivity index (χ0v) is 15.4. The maximum atomic E-state index is 12.4. The Balaban J connectivity index is 1.79. The first kappa shape index (κ1) is 17.6. The quantitative estimate of drug-likeness (QED) is 0.880. The molecule has 1 saturated carbocycles. The van der Waals surface area contributed by atoms with Crippen molar-refractivity contribution in [1.82, 2.24) is 19.5 Å². The van der Waals surface area contributed by atoms with Gasteiger partial charge in [0.1, 0.15) is 5.75 Å². The van der Waals surface area contributed by atoms with Gasteiger partial charge in [-0.25, -0.2) is 13.1 Å². The van der Waals surface area contributed by atoms with Gasteiger partial charge in [0, 0.05) is 17.8 Å². The highest BCUT2D eigenvalue weighted by Crippen LogP contribution is 2.41. The van der Waals surface area contributed by atoms with E-state index < -0.39 is 15.9 Å². The van der Waals surface area contributed by atoms with E-state index in [1.165, 1.54) is 6.20 Å². The van der Waals surface area contributed by atoms with Crippen molar-refractivity contribution in [2.75, 3.05) is 0 Å². The highest BCUT2D eigenvalue weighted by molar-refractivity contribution is 7.89. The average Bonchev–Trinajstić information content (AvgIpc) is 3.24. The minimum Gasteiger partial charge on any atom is -0.266 e. The molecule has 0 saturated heterocycles. The summed E-state index contributed by atoms with van der Waals surface area (Å²) < 4.78 is 28.3. The van der Waals surface area contributed by atoms with E-state index in [0.29, 0.717) is 11.6 Å². The Morgan fingerprint density at radius 2 is 2.04 bits per heavy atom. The molecule has 1 fully saturated rings. The fourth-order valence-corrected chi connectivity index (χ4v) is 3.64. The predicted octanol–water partition coefficient (Wildman–Crippen LogP) is 2.17. The van der Waals surface area contributed by atoms with Gasteiger partial charge in [0.15, 0.2) is 5.69 Å². The molecule has 3 rings (SSSR count). The van der Waals surface area contributed by atoms with Gasteiger partial charge in [-0.05, 0) is 51.8 Å². The second-order valence-electron chi connectivity index (χ2n) is 7.32. The fraction of sp³-hybridized carbons (Fsp3) is 0.471. The molecular weight excluding hydrogens is 340 g/mol. The van der Waals surface area contributed by atoms with Crippen LogP contribution in [0.5, 0.6) is 0 Å². The molecule has 1 amide bonds. The van der Waals surface area contributed by atoms with Crippen molar-refractivity contribution in [3.8, 4) is 0 Å². The third-order valence-corrected chi connectivity index (χ3v) is 5.09. The van der Waals surface area contributed by atoms with Gasteiger partial charge in [0.25, 0.3) is 5.91 Å². The zero-order valence-electron chi connectivity index (χ0n) is 14.6. The van der Waals surface area contributed by atoms with E-state index in [1.807, 2.05) is 25.5 Å². The van der Waals surface area contributed by atoms with E-state index in [-0.39, 0.29) is 17.0 Å². The number of carbonyl (C=O) groups is 1. The van der Waals surface area contributed by atoms with Crippen LogP contribution in [0, 0.1) is 0 Å². The summed E-state index contributed by atoms with van der Waals surface area (Å²) in [6.45, 7) is 6.02. The molecule has 0 atom stereocenters. The van der Waals surface area contributed by atoms with E-state index in [4.69, 9.17) is 0 Å². The molecule has 0 radical (unpaired) electrons. The minimum atomic E-state index is -3.84. The third-order valence-electron chi connectivity index (χ3n) is 3.91. The Hall–Kier alpha value is -2.22. The number of hydrogen-bond acceptors (Lipinski definition) is 5. The van der Waals surface area contributed by atoms with E-state index in [0.717, 1.165) is 18.5 Å². The normalized spacial score (nSPS) is 15.2. The van der Waals surface area contributed by atoms with Crippen LogP contribution in [-0.2, 0) is 21.3 Å². The number of nitrogens with one attached hydrogen (secondary N) is 1. The number of carbonyl (C=O) groups excluding carboxylic acids is 1. The van der Waals surface area contributed by atoms with E-state index >= 15 is 0 Å². The van der Waals surface area contributed by atoms with Gasteiger partial charge >= 0.3 is 0 Å². The van der Waals surface area contributed by atoms with Gasteiger partial charge in [-0.2, -0.15) is 5.10 Å². The van der Waals surface area contributed by atoms with Crippen LogP contribution in [0.15, 0.2) is 30.5 Å². The van der Waals surface area contributed by atoms with Crippen molar-refractivity contribution in [2.24, 2.45) is 0 Å². The molecule has 7 nitrogen and oxygen atoms in total. The molecule has 2 heterocycles. The molecule has 8 heteroatoms.